The highest BCUT2D eigenvalue weighted by Gasteiger charge is 2.34. The van der Waals surface area contributed by atoms with Gasteiger partial charge in [0, 0.05) is 5.57 Å². The second-order valence-electron chi connectivity index (χ2n) is 1.83. The van der Waals surface area contributed by atoms with Crippen LogP contribution < -0.4 is 0 Å². The summed E-state index contributed by atoms with van der Waals surface area (Å²) in [5.41, 5.74) is 0.454. The smallest absolute Gasteiger partial charge is 0.348 e. The molecule has 1 heterocycles. The first-order valence-electron chi connectivity index (χ1n) is 2.60. The van der Waals surface area contributed by atoms with Crippen LogP contribution >= 0.6 is 47.8 Å². The van der Waals surface area contributed by atoms with Crippen LogP contribution in [-0.2, 0) is 9.53 Å². The Morgan fingerprint density at radius 2 is 2.09 bits per heavy atom. The number of aliphatic hydroxyl groups excluding tert-OH is 1. The summed E-state index contributed by atoms with van der Waals surface area (Å²) in [5, 5.41) is 9.11. The van der Waals surface area contributed by atoms with E-state index in [9.17, 15) is 4.79 Å². The van der Waals surface area contributed by atoms with Crippen molar-refractivity contribution in [3.8, 4) is 0 Å². The summed E-state index contributed by atoms with van der Waals surface area (Å²) >= 11 is 9.29. The number of carbonyl (C=O) groups excluding carboxylic acids is 1. The second kappa shape index (κ2) is 3.55. The van der Waals surface area contributed by atoms with Gasteiger partial charge >= 0.3 is 5.97 Å². The molecule has 1 unspecified atom stereocenters. The predicted octanol–water partition coefficient (Wildman–Crippen LogP) is 1.63. The van der Waals surface area contributed by atoms with Crippen molar-refractivity contribution in [2.24, 2.45) is 0 Å². The van der Waals surface area contributed by atoms with Crippen LogP contribution in [0.5, 0.6) is 0 Å². The Morgan fingerprint density at radius 1 is 1.55 bits per heavy atom. The highest BCUT2D eigenvalue weighted by molar-refractivity contribution is 9.24. The molecule has 3 nitrogen and oxygen atoms in total. The van der Waals surface area contributed by atoms with Crippen LogP contribution in [0.1, 0.15) is 0 Å². The number of carbonyl (C=O) groups is 1. The molecule has 0 aromatic rings. The summed E-state index contributed by atoms with van der Waals surface area (Å²) < 4.78 is 4.49. The molecule has 1 atom stereocenters. The fourth-order valence-electron chi connectivity index (χ4n) is 0.646. The van der Waals surface area contributed by atoms with E-state index in [0.29, 0.717) is 5.57 Å². The molecule has 6 heteroatoms. The summed E-state index contributed by atoms with van der Waals surface area (Å²) in [6, 6.07) is 0. The zero-order valence-corrected chi connectivity index (χ0v) is 9.81. The Kier molecular flexibility index (Phi) is 3.13. The van der Waals surface area contributed by atoms with Gasteiger partial charge in [-0.3, -0.25) is 0 Å². The molecule has 0 aliphatic carbocycles. The highest BCUT2D eigenvalue weighted by atomic mass is 79.9. The molecular formula is C5H3Br3O3. The minimum atomic E-state index is -1.15. The van der Waals surface area contributed by atoms with Crippen molar-refractivity contribution in [3.63, 3.8) is 0 Å². The van der Waals surface area contributed by atoms with E-state index in [4.69, 9.17) is 5.11 Å². The number of rotatable bonds is 1. The third-order valence-electron chi connectivity index (χ3n) is 1.15. The maximum Gasteiger partial charge on any atom is 0.348 e. The molecule has 0 aromatic heterocycles. The standard InChI is InChI=1S/C5H3Br3O3/c6-2-1(3(7)8)4(9)11-5(2)10/h3-4,9H. The Balaban J connectivity index is 2.97. The van der Waals surface area contributed by atoms with E-state index in [-0.39, 0.29) is 8.22 Å². The van der Waals surface area contributed by atoms with Crippen molar-refractivity contribution in [3.05, 3.63) is 10.1 Å². The normalized spacial score (nSPS) is 24.8. The largest absolute Gasteiger partial charge is 0.428 e. The van der Waals surface area contributed by atoms with Gasteiger partial charge in [0.25, 0.3) is 0 Å². The number of cyclic esters (lactones) is 1. The van der Waals surface area contributed by atoms with Gasteiger partial charge in [0.1, 0.15) is 4.48 Å². The number of ether oxygens (including phenoxy) is 1. The van der Waals surface area contributed by atoms with Gasteiger partial charge in [-0.2, -0.15) is 0 Å². The highest BCUT2D eigenvalue weighted by Crippen LogP contribution is 2.33. The van der Waals surface area contributed by atoms with Gasteiger partial charge < -0.3 is 9.84 Å². The predicted molar refractivity (Wildman–Crippen MR) is 49.7 cm³/mol. The van der Waals surface area contributed by atoms with Crippen LogP contribution in [0.25, 0.3) is 0 Å². The number of hydrogen-bond donors (Lipinski definition) is 1. The molecule has 0 saturated carbocycles. The molecule has 11 heavy (non-hydrogen) atoms. The summed E-state index contributed by atoms with van der Waals surface area (Å²) in [6.07, 6.45) is -1.15. The van der Waals surface area contributed by atoms with Crippen LogP contribution in [-0.4, -0.2) is 21.1 Å². The topological polar surface area (TPSA) is 46.5 Å². The molecule has 0 fully saturated rings. The Hall–Kier alpha value is 0.610. The molecule has 1 rings (SSSR count). The molecular weight excluding hydrogens is 348 g/mol. The first-order valence-corrected chi connectivity index (χ1v) is 5.23. The van der Waals surface area contributed by atoms with Gasteiger partial charge in [-0.25, -0.2) is 4.79 Å². The third-order valence-corrected chi connectivity index (χ3v) is 2.92. The molecule has 1 N–H and O–H groups in total. The van der Waals surface area contributed by atoms with E-state index >= 15 is 0 Å². The number of alkyl halides is 2. The van der Waals surface area contributed by atoms with E-state index in [0.717, 1.165) is 0 Å². The van der Waals surface area contributed by atoms with Crippen molar-refractivity contribution in [2.75, 3.05) is 0 Å². The Labute approximate surface area is 88.2 Å². The second-order valence-corrected chi connectivity index (χ2v) is 5.68. The minimum Gasteiger partial charge on any atom is -0.428 e. The average molecular weight is 351 g/mol. The summed E-state index contributed by atoms with van der Waals surface area (Å²) in [4.78, 5) is 10.8. The minimum absolute atomic E-state index is 0.258. The maximum absolute atomic E-state index is 10.8. The Bertz CT molecular complexity index is 223. The number of esters is 1. The lowest BCUT2D eigenvalue weighted by atomic mass is 10.3. The van der Waals surface area contributed by atoms with E-state index in [2.05, 4.69) is 52.5 Å². The van der Waals surface area contributed by atoms with Crippen molar-refractivity contribution in [1.29, 1.82) is 0 Å². The molecule has 0 amide bonds. The molecule has 0 aromatic carbocycles. The van der Waals surface area contributed by atoms with Crippen molar-refractivity contribution in [1.82, 2.24) is 0 Å². The SMILES string of the molecule is O=C1OC(O)C(C(Br)Br)=C1Br. The van der Waals surface area contributed by atoms with Crippen molar-refractivity contribution < 1.29 is 14.6 Å². The van der Waals surface area contributed by atoms with Gasteiger partial charge in [-0.05, 0) is 15.9 Å². The third kappa shape index (κ3) is 1.85. The monoisotopic (exact) mass is 348 g/mol. The van der Waals surface area contributed by atoms with Crippen LogP contribution in [0.3, 0.4) is 0 Å². The Morgan fingerprint density at radius 3 is 2.27 bits per heavy atom. The summed E-state index contributed by atoms with van der Waals surface area (Å²) in [7, 11) is 0. The molecule has 62 valence electrons. The quantitative estimate of drug-likeness (QED) is 0.577. The fourth-order valence-corrected chi connectivity index (χ4v) is 2.69. The van der Waals surface area contributed by atoms with Gasteiger partial charge in [-0.15, -0.1) is 0 Å². The van der Waals surface area contributed by atoms with Gasteiger partial charge in [0.15, 0.2) is 0 Å². The molecule has 0 saturated heterocycles. The zero-order valence-electron chi connectivity index (χ0n) is 5.05. The number of aliphatic hydroxyl groups is 1. The van der Waals surface area contributed by atoms with E-state index in [1.54, 1.807) is 0 Å². The number of hydrogen-bond acceptors (Lipinski definition) is 3. The van der Waals surface area contributed by atoms with Gasteiger partial charge in [0.2, 0.25) is 6.29 Å². The van der Waals surface area contributed by atoms with Crippen LogP contribution in [0.15, 0.2) is 10.1 Å². The van der Waals surface area contributed by atoms with E-state index in [1.807, 2.05) is 0 Å². The van der Waals surface area contributed by atoms with Crippen LogP contribution in [0, 0.1) is 0 Å². The van der Waals surface area contributed by atoms with E-state index < -0.39 is 12.3 Å². The average Bonchev–Trinajstić information content (AvgIpc) is 2.07. The van der Waals surface area contributed by atoms with E-state index in [1.165, 1.54) is 0 Å². The number of halogens is 3. The first-order chi connectivity index (χ1) is 5.04. The molecule has 0 radical (unpaired) electrons. The molecule has 1 aliphatic rings. The maximum atomic E-state index is 10.8. The fraction of sp³-hybridized carbons (Fsp3) is 0.400. The lowest BCUT2D eigenvalue weighted by Crippen LogP contribution is -2.13. The molecule has 0 bridgehead atoms. The first kappa shape index (κ1) is 9.70. The molecule has 1 aliphatic heterocycles. The van der Waals surface area contributed by atoms with Crippen LogP contribution in [0.2, 0.25) is 0 Å². The van der Waals surface area contributed by atoms with Crippen molar-refractivity contribution >= 4 is 53.8 Å². The lowest BCUT2D eigenvalue weighted by molar-refractivity contribution is -0.151. The van der Waals surface area contributed by atoms with Gasteiger partial charge in [-0.1, -0.05) is 31.9 Å². The summed E-state index contributed by atoms with van der Waals surface area (Å²) in [6.45, 7) is 0. The summed E-state index contributed by atoms with van der Waals surface area (Å²) in [5.74, 6) is -0.545. The van der Waals surface area contributed by atoms with Gasteiger partial charge in [0.05, 0.1) is 3.74 Å². The molecule has 0 spiro atoms. The zero-order chi connectivity index (χ0) is 8.59. The van der Waals surface area contributed by atoms with Crippen molar-refractivity contribution in [2.45, 2.75) is 10.0 Å². The lowest BCUT2D eigenvalue weighted by Gasteiger charge is -2.06. The van der Waals surface area contributed by atoms with Crippen LogP contribution in [0.4, 0.5) is 0 Å².